The summed E-state index contributed by atoms with van der Waals surface area (Å²) in [6, 6.07) is 5.91. The summed E-state index contributed by atoms with van der Waals surface area (Å²) >= 11 is 0. The molecule has 1 aromatic carbocycles. The number of hydrazone groups is 1. The van der Waals surface area contributed by atoms with Crippen LogP contribution < -0.4 is 10.2 Å². The van der Waals surface area contributed by atoms with Gasteiger partial charge in [0.2, 0.25) is 0 Å². The second kappa shape index (κ2) is 7.30. The summed E-state index contributed by atoms with van der Waals surface area (Å²) in [7, 11) is 0. The third-order valence-electron chi connectivity index (χ3n) is 2.09. The fourth-order valence-electron chi connectivity index (χ4n) is 1.23. The predicted octanol–water partition coefficient (Wildman–Crippen LogP) is 2.76. The molecule has 7 heteroatoms. The van der Waals surface area contributed by atoms with E-state index in [0.717, 1.165) is 0 Å². The standard InChI is InChI=1S/C12H14F2N2O3/c1-3-18-12(17)16-15-8(2)9-4-6-10(7-5-9)19-11(13)14/h4-7,11H,3H2,1-2H3,(H,16,17)/b15-8+. The van der Waals surface area contributed by atoms with E-state index in [2.05, 4.69) is 20.0 Å². The van der Waals surface area contributed by atoms with E-state index in [-0.39, 0.29) is 12.4 Å². The van der Waals surface area contributed by atoms with E-state index in [9.17, 15) is 13.6 Å². The van der Waals surface area contributed by atoms with E-state index < -0.39 is 12.7 Å². The Labute approximate surface area is 109 Å². The SMILES string of the molecule is CCOC(=O)N/N=C(\C)c1ccc(OC(F)F)cc1. The summed E-state index contributed by atoms with van der Waals surface area (Å²) < 4.78 is 32.8. The van der Waals surface area contributed by atoms with Crippen LogP contribution in [0.15, 0.2) is 29.4 Å². The molecule has 0 unspecified atom stereocenters. The van der Waals surface area contributed by atoms with Crippen LogP contribution in [0.1, 0.15) is 19.4 Å². The smallest absolute Gasteiger partial charge is 0.427 e. The molecule has 0 saturated heterocycles. The van der Waals surface area contributed by atoms with Crippen molar-refractivity contribution in [1.29, 1.82) is 0 Å². The molecule has 1 rings (SSSR count). The Morgan fingerprint density at radius 1 is 1.37 bits per heavy atom. The zero-order valence-corrected chi connectivity index (χ0v) is 10.5. The summed E-state index contributed by atoms with van der Waals surface area (Å²) in [5.41, 5.74) is 3.38. The normalized spacial score (nSPS) is 11.3. The largest absolute Gasteiger partial charge is 0.449 e. The second-order valence-corrected chi connectivity index (χ2v) is 3.43. The number of alkyl halides is 2. The summed E-state index contributed by atoms with van der Waals surface area (Å²) in [5.74, 6) is 0.0601. The average molecular weight is 272 g/mol. The van der Waals surface area contributed by atoms with Crippen LogP contribution in [0, 0.1) is 0 Å². The van der Waals surface area contributed by atoms with Gasteiger partial charge >= 0.3 is 12.7 Å². The Hall–Kier alpha value is -2.18. The van der Waals surface area contributed by atoms with Gasteiger partial charge in [0.1, 0.15) is 5.75 Å². The van der Waals surface area contributed by atoms with Crippen molar-refractivity contribution in [3.05, 3.63) is 29.8 Å². The minimum absolute atomic E-state index is 0.0601. The van der Waals surface area contributed by atoms with Gasteiger partial charge in [-0.1, -0.05) is 0 Å². The highest BCUT2D eigenvalue weighted by Crippen LogP contribution is 2.15. The molecule has 0 fully saturated rings. The Kier molecular flexibility index (Phi) is 5.72. The van der Waals surface area contributed by atoms with E-state index in [1.54, 1.807) is 26.0 Å². The van der Waals surface area contributed by atoms with E-state index in [4.69, 9.17) is 0 Å². The van der Waals surface area contributed by atoms with Crippen LogP contribution in [0.4, 0.5) is 13.6 Å². The van der Waals surface area contributed by atoms with Gasteiger partial charge in [0.05, 0.1) is 12.3 Å². The molecule has 0 aliphatic rings. The van der Waals surface area contributed by atoms with Crippen molar-refractivity contribution in [2.24, 2.45) is 5.10 Å². The average Bonchev–Trinajstić information content (AvgIpc) is 2.36. The van der Waals surface area contributed by atoms with Gasteiger partial charge in [0.25, 0.3) is 0 Å². The number of carbonyl (C=O) groups excluding carboxylic acids is 1. The number of benzene rings is 1. The summed E-state index contributed by atoms with van der Waals surface area (Å²) in [6.07, 6.45) is -0.653. The topological polar surface area (TPSA) is 59.9 Å². The quantitative estimate of drug-likeness (QED) is 0.662. The van der Waals surface area contributed by atoms with Crippen molar-refractivity contribution in [2.75, 3.05) is 6.61 Å². The van der Waals surface area contributed by atoms with Crippen molar-refractivity contribution in [1.82, 2.24) is 5.43 Å². The van der Waals surface area contributed by atoms with Crippen LogP contribution >= 0.6 is 0 Å². The number of ether oxygens (including phenoxy) is 2. The number of nitrogens with one attached hydrogen (secondary N) is 1. The lowest BCUT2D eigenvalue weighted by Gasteiger charge is -2.06. The van der Waals surface area contributed by atoms with E-state index in [0.29, 0.717) is 11.3 Å². The summed E-state index contributed by atoms with van der Waals surface area (Å²) in [5, 5.41) is 3.81. The number of halogens is 2. The van der Waals surface area contributed by atoms with Gasteiger partial charge in [-0.05, 0) is 43.7 Å². The van der Waals surface area contributed by atoms with Crippen molar-refractivity contribution < 1.29 is 23.0 Å². The van der Waals surface area contributed by atoms with E-state index in [1.165, 1.54) is 12.1 Å². The number of amides is 1. The Balaban J connectivity index is 2.64. The van der Waals surface area contributed by atoms with Gasteiger partial charge in [-0.2, -0.15) is 13.9 Å². The maximum absolute atomic E-state index is 12.0. The molecule has 1 N–H and O–H groups in total. The minimum atomic E-state index is -2.86. The van der Waals surface area contributed by atoms with Crippen molar-refractivity contribution >= 4 is 11.8 Å². The molecular formula is C12H14F2N2O3. The van der Waals surface area contributed by atoms with Gasteiger partial charge in [-0.25, -0.2) is 10.2 Å². The Morgan fingerprint density at radius 3 is 2.53 bits per heavy atom. The molecule has 19 heavy (non-hydrogen) atoms. The molecule has 0 spiro atoms. The monoisotopic (exact) mass is 272 g/mol. The lowest BCUT2D eigenvalue weighted by molar-refractivity contribution is -0.0498. The second-order valence-electron chi connectivity index (χ2n) is 3.43. The molecule has 0 heterocycles. The molecule has 1 amide bonds. The zero-order valence-electron chi connectivity index (χ0n) is 10.5. The molecule has 104 valence electrons. The molecule has 0 aliphatic carbocycles. The van der Waals surface area contributed by atoms with Gasteiger partial charge in [-0.15, -0.1) is 0 Å². The molecule has 0 radical (unpaired) electrons. The number of nitrogens with zero attached hydrogens (tertiary/aromatic N) is 1. The maximum atomic E-state index is 12.0. The summed E-state index contributed by atoms with van der Waals surface area (Å²) in [6.45, 7) is 0.735. The van der Waals surface area contributed by atoms with Gasteiger partial charge in [-0.3, -0.25) is 0 Å². The van der Waals surface area contributed by atoms with Crippen molar-refractivity contribution in [3.63, 3.8) is 0 Å². The van der Waals surface area contributed by atoms with Crippen LogP contribution in [0.3, 0.4) is 0 Å². The number of hydrogen-bond donors (Lipinski definition) is 1. The zero-order chi connectivity index (χ0) is 14.3. The highest BCUT2D eigenvalue weighted by molar-refractivity contribution is 5.99. The molecule has 5 nitrogen and oxygen atoms in total. The minimum Gasteiger partial charge on any atom is -0.449 e. The summed E-state index contributed by atoms with van der Waals surface area (Å²) in [4.78, 5) is 11.0. The third kappa shape index (κ3) is 5.33. The number of rotatable bonds is 5. The Morgan fingerprint density at radius 2 is 2.00 bits per heavy atom. The van der Waals surface area contributed by atoms with Crippen LogP contribution in [0.5, 0.6) is 5.75 Å². The maximum Gasteiger partial charge on any atom is 0.427 e. The molecule has 0 saturated carbocycles. The van der Waals surface area contributed by atoms with Gasteiger partial charge in [0.15, 0.2) is 0 Å². The lowest BCUT2D eigenvalue weighted by atomic mass is 10.1. The van der Waals surface area contributed by atoms with E-state index in [1.807, 2.05) is 0 Å². The fraction of sp³-hybridized carbons (Fsp3) is 0.333. The van der Waals surface area contributed by atoms with Crippen molar-refractivity contribution in [3.8, 4) is 5.75 Å². The van der Waals surface area contributed by atoms with Crippen LogP contribution in [0.2, 0.25) is 0 Å². The van der Waals surface area contributed by atoms with Gasteiger partial charge in [0, 0.05) is 0 Å². The fourth-order valence-corrected chi connectivity index (χ4v) is 1.23. The van der Waals surface area contributed by atoms with E-state index >= 15 is 0 Å². The van der Waals surface area contributed by atoms with Crippen LogP contribution in [0.25, 0.3) is 0 Å². The lowest BCUT2D eigenvalue weighted by Crippen LogP contribution is -2.20. The number of hydrogen-bond acceptors (Lipinski definition) is 4. The first-order valence-corrected chi connectivity index (χ1v) is 5.55. The molecular weight excluding hydrogens is 258 g/mol. The van der Waals surface area contributed by atoms with Crippen LogP contribution in [-0.2, 0) is 4.74 Å². The Bertz CT molecular complexity index is 447. The first-order valence-electron chi connectivity index (χ1n) is 5.55. The first-order chi connectivity index (χ1) is 9.02. The molecule has 0 aliphatic heterocycles. The molecule has 0 atom stereocenters. The molecule has 0 aromatic heterocycles. The van der Waals surface area contributed by atoms with Crippen molar-refractivity contribution in [2.45, 2.75) is 20.5 Å². The molecule has 0 bridgehead atoms. The molecule has 1 aromatic rings. The van der Waals surface area contributed by atoms with Crippen LogP contribution in [-0.4, -0.2) is 25.0 Å². The predicted molar refractivity (Wildman–Crippen MR) is 65.4 cm³/mol. The highest BCUT2D eigenvalue weighted by Gasteiger charge is 2.05. The highest BCUT2D eigenvalue weighted by atomic mass is 19.3. The first kappa shape index (κ1) is 14.9. The number of carbonyl (C=O) groups is 1. The third-order valence-corrected chi connectivity index (χ3v) is 2.09. The van der Waals surface area contributed by atoms with Gasteiger partial charge < -0.3 is 9.47 Å².